The Labute approximate surface area is 170 Å². The van der Waals surface area contributed by atoms with Crippen LogP contribution in [-0.4, -0.2) is 22.0 Å². The molecule has 0 bridgehead atoms. The lowest BCUT2D eigenvalue weighted by Crippen LogP contribution is -2.25. The molecule has 1 N–H and O–H groups in total. The molecule has 1 fully saturated rings. The van der Waals surface area contributed by atoms with Crippen molar-refractivity contribution >= 4 is 5.91 Å². The highest BCUT2D eigenvalue weighted by molar-refractivity contribution is 5.78. The number of ether oxygens (including phenoxy) is 1. The van der Waals surface area contributed by atoms with Crippen LogP contribution in [0.25, 0.3) is 11.5 Å². The Morgan fingerprint density at radius 3 is 2.79 bits per heavy atom. The molecule has 0 unspecified atom stereocenters. The molecule has 1 amide bonds. The minimum absolute atomic E-state index is 0.101. The smallest absolute Gasteiger partial charge is 0.226 e. The summed E-state index contributed by atoms with van der Waals surface area (Å²) in [6.07, 6.45) is 6.77. The summed E-state index contributed by atoms with van der Waals surface area (Å²) < 4.78 is 11.7. The van der Waals surface area contributed by atoms with Crippen molar-refractivity contribution in [1.29, 1.82) is 0 Å². The van der Waals surface area contributed by atoms with E-state index in [0.29, 0.717) is 29.8 Å². The van der Waals surface area contributed by atoms with Gasteiger partial charge in [0.05, 0.1) is 12.1 Å². The van der Waals surface area contributed by atoms with Gasteiger partial charge in [-0.05, 0) is 56.4 Å². The second kappa shape index (κ2) is 8.90. The lowest BCUT2D eigenvalue weighted by Gasteiger charge is -2.12. The lowest BCUT2D eigenvalue weighted by atomic mass is 10.2. The van der Waals surface area contributed by atoms with Gasteiger partial charge in [0.15, 0.2) is 0 Å². The van der Waals surface area contributed by atoms with Gasteiger partial charge in [0.2, 0.25) is 17.7 Å². The number of hydrogen-bond donors (Lipinski definition) is 1. The van der Waals surface area contributed by atoms with E-state index < -0.39 is 0 Å². The van der Waals surface area contributed by atoms with Crippen molar-refractivity contribution in [3.63, 3.8) is 0 Å². The minimum Gasteiger partial charge on any atom is -0.474 e. The van der Waals surface area contributed by atoms with Gasteiger partial charge in [-0.2, -0.15) is 0 Å². The number of oxazole rings is 1. The predicted octanol–water partition coefficient (Wildman–Crippen LogP) is 4.23. The van der Waals surface area contributed by atoms with Gasteiger partial charge in [-0.15, -0.1) is 0 Å². The van der Waals surface area contributed by atoms with Crippen molar-refractivity contribution in [3.8, 4) is 17.3 Å². The highest BCUT2D eigenvalue weighted by Gasteiger charge is 2.17. The molecule has 2 heterocycles. The third kappa shape index (κ3) is 5.02. The number of aryl methyl sites for hydroxylation is 1. The average molecular weight is 391 g/mol. The molecule has 150 valence electrons. The standard InChI is InChI=1S/C23H25N3O3/c1-16-20(26-23(28-16)18-7-3-2-4-8-18)14-21(27)25-15-17-11-12-24-22(13-17)29-19-9-5-6-10-19/h2-4,7-8,11-13,19H,5-6,9-10,14-15H2,1H3,(H,25,27). The molecule has 0 saturated heterocycles. The number of nitrogens with zero attached hydrogens (tertiary/aromatic N) is 2. The summed E-state index contributed by atoms with van der Waals surface area (Å²) in [5, 5.41) is 2.94. The number of rotatable bonds is 7. The molecule has 1 aliphatic carbocycles. The Kier molecular flexibility index (Phi) is 5.89. The second-order valence-electron chi connectivity index (χ2n) is 7.37. The van der Waals surface area contributed by atoms with Crippen molar-refractivity contribution in [2.75, 3.05) is 0 Å². The van der Waals surface area contributed by atoms with E-state index in [1.165, 1.54) is 12.8 Å². The number of amides is 1. The van der Waals surface area contributed by atoms with Crippen LogP contribution in [0.4, 0.5) is 0 Å². The number of aromatic nitrogens is 2. The fourth-order valence-electron chi connectivity index (χ4n) is 3.51. The van der Waals surface area contributed by atoms with E-state index in [-0.39, 0.29) is 18.4 Å². The molecular weight excluding hydrogens is 366 g/mol. The van der Waals surface area contributed by atoms with E-state index in [0.717, 1.165) is 24.0 Å². The van der Waals surface area contributed by atoms with Gasteiger partial charge >= 0.3 is 0 Å². The Balaban J connectivity index is 1.33. The maximum atomic E-state index is 12.4. The number of nitrogens with one attached hydrogen (secondary N) is 1. The van der Waals surface area contributed by atoms with E-state index >= 15 is 0 Å². The van der Waals surface area contributed by atoms with E-state index in [4.69, 9.17) is 9.15 Å². The maximum absolute atomic E-state index is 12.4. The molecule has 4 rings (SSSR count). The Bertz CT molecular complexity index is 963. The molecule has 1 saturated carbocycles. The van der Waals surface area contributed by atoms with E-state index in [1.807, 2.05) is 49.4 Å². The first-order valence-corrected chi connectivity index (χ1v) is 10.1. The van der Waals surface area contributed by atoms with Crippen LogP contribution in [0.2, 0.25) is 0 Å². The van der Waals surface area contributed by atoms with Crippen LogP contribution in [0.1, 0.15) is 42.7 Å². The Morgan fingerprint density at radius 2 is 2.00 bits per heavy atom. The summed E-state index contributed by atoms with van der Waals surface area (Å²) in [5.74, 6) is 1.73. The molecule has 6 heteroatoms. The third-order valence-corrected chi connectivity index (χ3v) is 5.12. The highest BCUT2D eigenvalue weighted by atomic mass is 16.5. The molecule has 29 heavy (non-hydrogen) atoms. The van der Waals surface area contributed by atoms with Gasteiger partial charge in [-0.25, -0.2) is 9.97 Å². The zero-order valence-corrected chi connectivity index (χ0v) is 16.6. The minimum atomic E-state index is -0.101. The number of carbonyl (C=O) groups is 1. The molecule has 0 atom stereocenters. The zero-order valence-electron chi connectivity index (χ0n) is 16.6. The lowest BCUT2D eigenvalue weighted by molar-refractivity contribution is -0.120. The van der Waals surface area contributed by atoms with Gasteiger partial charge in [0, 0.05) is 24.4 Å². The fourth-order valence-corrected chi connectivity index (χ4v) is 3.51. The highest BCUT2D eigenvalue weighted by Crippen LogP contribution is 2.23. The van der Waals surface area contributed by atoms with Crippen LogP contribution in [-0.2, 0) is 17.8 Å². The average Bonchev–Trinajstić information content (AvgIpc) is 3.37. The van der Waals surface area contributed by atoms with Gasteiger partial charge in [0.1, 0.15) is 11.9 Å². The largest absolute Gasteiger partial charge is 0.474 e. The monoisotopic (exact) mass is 391 g/mol. The topological polar surface area (TPSA) is 77.3 Å². The Hall–Kier alpha value is -3.15. The summed E-state index contributed by atoms with van der Waals surface area (Å²) in [4.78, 5) is 21.2. The molecule has 0 radical (unpaired) electrons. The molecule has 2 aromatic heterocycles. The van der Waals surface area contributed by atoms with Crippen LogP contribution in [0.5, 0.6) is 5.88 Å². The second-order valence-corrected chi connectivity index (χ2v) is 7.37. The molecule has 0 spiro atoms. The van der Waals surface area contributed by atoms with Crippen LogP contribution in [0, 0.1) is 6.92 Å². The van der Waals surface area contributed by atoms with Gasteiger partial charge in [-0.1, -0.05) is 18.2 Å². The molecule has 0 aliphatic heterocycles. The Morgan fingerprint density at radius 1 is 1.21 bits per heavy atom. The number of pyridine rings is 1. The van der Waals surface area contributed by atoms with Crippen molar-refractivity contribution in [2.45, 2.75) is 51.7 Å². The summed E-state index contributed by atoms with van der Waals surface area (Å²) >= 11 is 0. The molecule has 1 aromatic carbocycles. The molecular formula is C23H25N3O3. The van der Waals surface area contributed by atoms with Gasteiger partial charge in [0.25, 0.3) is 0 Å². The normalized spacial score (nSPS) is 14.1. The van der Waals surface area contributed by atoms with Crippen molar-refractivity contribution in [2.24, 2.45) is 0 Å². The van der Waals surface area contributed by atoms with E-state index in [1.54, 1.807) is 6.20 Å². The van der Waals surface area contributed by atoms with E-state index in [9.17, 15) is 4.79 Å². The van der Waals surface area contributed by atoms with Gasteiger partial charge < -0.3 is 14.5 Å². The fraction of sp³-hybridized carbons (Fsp3) is 0.348. The molecule has 1 aliphatic rings. The SMILES string of the molecule is Cc1oc(-c2ccccc2)nc1CC(=O)NCc1ccnc(OC2CCCC2)c1. The molecule has 3 aromatic rings. The summed E-state index contributed by atoms with van der Waals surface area (Å²) in [7, 11) is 0. The first-order valence-electron chi connectivity index (χ1n) is 10.1. The van der Waals surface area contributed by atoms with Crippen LogP contribution < -0.4 is 10.1 Å². The zero-order chi connectivity index (χ0) is 20.1. The predicted molar refractivity (Wildman–Crippen MR) is 109 cm³/mol. The summed E-state index contributed by atoms with van der Waals surface area (Å²) in [6.45, 7) is 2.25. The number of carbonyl (C=O) groups excluding carboxylic acids is 1. The summed E-state index contributed by atoms with van der Waals surface area (Å²) in [5.41, 5.74) is 2.51. The maximum Gasteiger partial charge on any atom is 0.226 e. The van der Waals surface area contributed by atoms with Crippen molar-refractivity contribution in [3.05, 3.63) is 65.7 Å². The van der Waals surface area contributed by atoms with Gasteiger partial charge in [-0.3, -0.25) is 4.79 Å². The van der Waals surface area contributed by atoms with Crippen molar-refractivity contribution < 1.29 is 13.9 Å². The molecule has 6 nitrogen and oxygen atoms in total. The first-order chi connectivity index (χ1) is 14.2. The van der Waals surface area contributed by atoms with Crippen LogP contribution in [0.15, 0.2) is 53.1 Å². The van der Waals surface area contributed by atoms with E-state index in [2.05, 4.69) is 15.3 Å². The number of hydrogen-bond acceptors (Lipinski definition) is 5. The first kappa shape index (κ1) is 19.2. The van der Waals surface area contributed by atoms with Crippen LogP contribution in [0.3, 0.4) is 0 Å². The van der Waals surface area contributed by atoms with Crippen LogP contribution >= 0.6 is 0 Å². The quantitative estimate of drug-likeness (QED) is 0.652. The number of benzene rings is 1. The third-order valence-electron chi connectivity index (χ3n) is 5.12. The summed E-state index contributed by atoms with van der Waals surface area (Å²) in [6, 6.07) is 13.5. The van der Waals surface area contributed by atoms with Crippen molar-refractivity contribution in [1.82, 2.24) is 15.3 Å².